The Kier molecular flexibility index (Phi) is 7.29. The first kappa shape index (κ1) is 23.9. The van der Waals surface area contributed by atoms with Crippen molar-refractivity contribution in [3.63, 3.8) is 0 Å². The summed E-state index contributed by atoms with van der Waals surface area (Å²) in [6.07, 6.45) is 1.84. The molecule has 3 aromatic rings. The molecule has 0 atom stereocenters. The van der Waals surface area contributed by atoms with Gasteiger partial charge in [0.2, 0.25) is 0 Å². The van der Waals surface area contributed by atoms with Gasteiger partial charge in [0, 0.05) is 17.6 Å². The SMILES string of the molecule is COc1cc(/C=C2\SC(=Nc3ccc(C)c(C)c3)N(C)C2=O)ccc1OCc1ccccc1Cl. The highest BCUT2D eigenvalue weighted by Gasteiger charge is 2.30. The van der Waals surface area contributed by atoms with Crippen LogP contribution in [0, 0.1) is 13.8 Å². The number of amides is 1. The Labute approximate surface area is 209 Å². The zero-order chi connectivity index (χ0) is 24.2. The second-order valence-electron chi connectivity index (χ2n) is 7.93. The first-order valence-corrected chi connectivity index (χ1v) is 11.9. The number of nitrogens with zero attached hydrogens (tertiary/aromatic N) is 2. The second kappa shape index (κ2) is 10.4. The van der Waals surface area contributed by atoms with Crippen molar-refractivity contribution in [2.45, 2.75) is 20.5 Å². The third-order valence-corrected chi connectivity index (χ3v) is 6.97. The fraction of sp³-hybridized carbons (Fsp3) is 0.185. The van der Waals surface area contributed by atoms with Gasteiger partial charge < -0.3 is 9.47 Å². The van der Waals surface area contributed by atoms with E-state index in [1.165, 1.54) is 22.9 Å². The Morgan fingerprint density at radius 2 is 1.82 bits per heavy atom. The number of thioether (sulfide) groups is 1. The van der Waals surface area contributed by atoms with E-state index in [0.29, 0.717) is 33.2 Å². The van der Waals surface area contributed by atoms with Gasteiger partial charge in [-0.05, 0) is 78.7 Å². The summed E-state index contributed by atoms with van der Waals surface area (Å²) in [6.45, 7) is 4.44. The quantitative estimate of drug-likeness (QED) is 0.356. The monoisotopic (exact) mass is 492 g/mol. The average molecular weight is 493 g/mol. The molecule has 0 aliphatic carbocycles. The van der Waals surface area contributed by atoms with E-state index in [0.717, 1.165) is 16.8 Å². The van der Waals surface area contributed by atoms with Crippen molar-refractivity contribution in [3.8, 4) is 11.5 Å². The van der Waals surface area contributed by atoms with Crippen LogP contribution in [0.1, 0.15) is 22.3 Å². The maximum Gasteiger partial charge on any atom is 0.266 e. The highest BCUT2D eigenvalue weighted by Crippen LogP contribution is 2.35. The van der Waals surface area contributed by atoms with Crippen LogP contribution in [0.5, 0.6) is 11.5 Å². The molecule has 0 unspecified atom stereocenters. The molecule has 1 fully saturated rings. The van der Waals surface area contributed by atoms with Gasteiger partial charge in [0.25, 0.3) is 5.91 Å². The van der Waals surface area contributed by atoms with Crippen LogP contribution in [0.2, 0.25) is 5.02 Å². The Morgan fingerprint density at radius 1 is 1.03 bits per heavy atom. The molecule has 1 aliphatic heterocycles. The molecule has 3 aromatic carbocycles. The van der Waals surface area contributed by atoms with Gasteiger partial charge in [-0.25, -0.2) is 4.99 Å². The van der Waals surface area contributed by atoms with E-state index in [1.807, 2.05) is 66.7 Å². The Hall–Kier alpha value is -3.22. The van der Waals surface area contributed by atoms with Gasteiger partial charge in [-0.3, -0.25) is 9.69 Å². The zero-order valence-corrected chi connectivity index (χ0v) is 21.0. The van der Waals surface area contributed by atoms with Gasteiger partial charge in [-0.15, -0.1) is 0 Å². The van der Waals surface area contributed by atoms with E-state index in [4.69, 9.17) is 21.1 Å². The number of hydrogen-bond donors (Lipinski definition) is 0. The van der Waals surface area contributed by atoms with Crippen LogP contribution in [0.25, 0.3) is 6.08 Å². The number of carbonyl (C=O) groups excluding carboxylic acids is 1. The third kappa shape index (κ3) is 5.29. The standard InChI is InChI=1S/C27H25ClN2O3S/c1-17-9-11-21(13-18(17)2)29-27-30(3)26(31)25(34-27)15-19-10-12-23(24(14-19)32-4)33-16-20-7-5-6-8-22(20)28/h5-15H,16H2,1-4H3/b25-15-,29-27?. The molecule has 34 heavy (non-hydrogen) atoms. The molecule has 1 heterocycles. The zero-order valence-electron chi connectivity index (χ0n) is 19.5. The fourth-order valence-electron chi connectivity index (χ4n) is 3.37. The van der Waals surface area contributed by atoms with E-state index in [2.05, 4.69) is 18.8 Å². The van der Waals surface area contributed by atoms with Crippen molar-refractivity contribution in [1.29, 1.82) is 0 Å². The van der Waals surface area contributed by atoms with E-state index in [1.54, 1.807) is 19.1 Å². The number of methoxy groups -OCH3 is 1. The van der Waals surface area contributed by atoms with Gasteiger partial charge in [0.05, 0.1) is 17.7 Å². The van der Waals surface area contributed by atoms with Crippen LogP contribution in [-0.4, -0.2) is 30.1 Å². The fourth-order valence-corrected chi connectivity index (χ4v) is 4.55. The van der Waals surface area contributed by atoms with Crippen molar-refractivity contribution < 1.29 is 14.3 Å². The number of rotatable bonds is 6. The summed E-state index contributed by atoms with van der Waals surface area (Å²) in [5.74, 6) is 1.09. The Balaban J connectivity index is 1.53. The number of ether oxygens (including phenoxy) is 2. The number of benzene rings is 3. The summed E-state index contributed by atoms with van der Waals surface area (Å²) in [5, 5.41) is 1.30. The summed E-state index contributed by atoms with van der Waals surface area (Å²) in [5.41, 5.74) is 4.93. The molecule has 0 spiro atoms. The molecule has 1 saturated heterocycles. The molecule has 0 saturated carbocycles. The summed E-state index contributed by atoms with van der Waals surface area (Å²) < 4.78 is 11.5. The van der Waals surface area contributed by atoms with Gasteiger partial charge in [0.1, 0.15) is 6.61 Å². The van der Waals surface area contributed by atoms with Crippen molar-refractivity contribution in [3.05, 3.63) is 92.8 Å². The minimum atomic E-state index is -0.0920. The highest BCUT2D eigenvalue weighted by molar-refractivity contribution is 8.18. The van der Waals surface area contributed by atoms with E-state index in [9.17, 15) is 4.79 Å². The average Bonchev–Trinajstić information content (AvgIpc) is 3.09. The molecular formula is C27H25ClN2O3S. The normalized spacial score (nSPS) is 15.9. The lowest BCUT2D eigenvalue weighted by Gasteiger charge is -2.12. The van der Waals surface area contributed by atoms with Gasteiger partial charge >= 0.3 is 0 Å². The number of likely N-dealkylation sites (N-methyl/N-ethyl adjacent to an activating group) is 1. The lowest BCUT2D eigenvalue weighted by atomic mass is 10.1. The number of halogens is 1. The summed E-state index contributed by atoms with van der Waals surface area (Å²) >= 11 is 7.57. The molecular weight excluding hydrogens is 468 g/mol. The maximum atomic E-state index is 12.8. The van der Waals surface area contributed by atoms with E-state index in [-0.39, 0.29) is 5.91 Å². The number of hydrogen-bond acceptors (Lipinski definition) is 5. The van der Waals surface area contributed by atoms with Crippen LogP contribution in [0.15, 0.2) is 70.6 Å². The largest absolute Gasteiger partial charge is 0.493 e. The van der Waals surface area contributed by atoms with E-state index >= 15 is 0 Å². The van der Waals surface area contributed by atoms with Crippen LogP contribution < -0.4 is 9.47 Å². The number of aliphatic imine (C=N–C) groups is 1. The molecule has 0 N–H and O–H groups in total. The Morgan fingerprint density at radius 3 is 2.56 bits per heavy atom. The molecule has 4 rings (SSSR count). The number of amidine groups is 1. The van der Waals surface area contributed by atoms with Crippen LogP contribution >= 0.6 is 23.4 Å². The molecule has 0 radical (unpaired) electrons. The topological polar surface area (TPSA) is 51.1 Å². The summed E-state index contributed by atoms with van der Waals surface area (Å²) in [6, 6.07) is 19.1. The minimum absolute atomic E-state index is 0.0920. The number of aryl methyl sites for hydroxylation is 2. The Bertz CT molecular complexity index is 1300. The highest BCUT2D eigenvalue weighted by atomic mass is 35.5. The van der Waals surface area contributed by atoms with Gasteiger partial charge in [0.15, 0.2) is 16.7 Å². The third-order valence-electron chi connectivity index (χ3n) is 5.55. The molecule has 0 bridgehead atoms. The minimum Gasteiger partial charge on any atom is -0.493 e. The lowest BCUT2D eigenvalue weighted by Crippen LogP contribution is -2.23. The molecule has 0 aromatic heterocycles. The first-order valence-electron chi connectivity index (χ1n) is 10.7. The smallest absolute Gasteiger partial charge is 0.266 e. The van der Waals surface area contributed by atoms with Gasteiger partial charge in [-0.1, -0.05) is 41.9 Å². The lowest BCUT2D eigenvalue weighted by molar-refractivity contribution is -0.121. The predicted molar refractivity (Wildman–Crippen MR) is 140 cm³/mol. The molecule has 1 aliphatic rings. The van der Waals surface area contributed by atoms with Crippen molar-refractivity contribution in [2.24, 2.45) is 4.99 Å². The van der Waals surface area contributed by atoms with Crippen molar-refractivity contribution in [2.75, 3.05) is 14.2 Å². The summed E-state index contributed by atoms with van der Waals surface area (Å²) in [7, 11) is 3.33. The first-order chi connectivity index (χ1) is 16.4. The molecule has 7 heteroatoms. The molecule has 174 valence electrons. The van der Waals surface area contributed by atoms with Crippen molar-refractivity contribution >= 4 is 46.2 Å². The summed E-state index contributed by atoms with van der Waals surface area (Å²) in [4.78, 5) is 19.7. The predicted octanol–water partition coefficient (Wildman–Crippen LogP) is 6.78. The maximum absolute atomic E-state index is 12.8. The van der Waals surface area contributed by atoms with Gasteiger partial charge in [-0.2, -0.15) is 0 Å². The van der Waals surface area contributed by atoms with Crippen LogP contribution in [0.4, 0.5) is 5.69 Å². The van der Waals surface area contributed by atoms with Crippen LogP contribution in [-0.2, 0) is 11.4 Å². The van der Waals surface area contributed by atoms with E-state index < -0.39 is 0 Å². The molecule has 1 amide bonds. The molecule has 5 nitrogen and oxygen atoms in total. The van der Waals surface area contributed by atoms with Crippen molar-refractivity contribution in [1.82, 2.24) is 4.90 Å². The number of carbonyl (C=O) groups is 1. The van der Waals surface area contributed by atoms with Crippen LogP contribution in [0.3, 0.4) is 0 Å². The second-order valence-corrected chi connectivity index (χ2v) is 9.34.